The van der Waals surface area contributed by atoms with Crippen LogP contribution in [-0.2, 0) is 9.53 Å². The molecule has 158 valence electrons. The fourth-order valence-electron chi connectivity index (χ4n) is 2.82. The topological polar surface area (TPSA) is 98.5 Å². The number of rotatable bonds is 6. The van der Waals surface area contributed by atoms with E-state index in [0.29, 0.717) is 11.1 Å². The van der Waals surface area contributed by atoms with Gasteiger partial charge in [0.1, 0.15) is 11.5 Å². The maximum atomic E-state index is 14.1. The predicted molar refractivity (Wildman–Crippen MR) is 112 cm³/mol. The van der Waals surface area contributed by atoms with Crippen LogP contribution in [0, 0.1) is 22.9 Å². The Bertz CT molecular complexity index is 1150. The number of carbonyl (C=O) groups is 2. The predicted octanol–water partition coefficient (Wildman–Crippen LogP) is 5.23. The lowest BCUT2D eigenvalue weighted by molar-refractivity contribution is -0.384. The molecule has 1 unspecified atom stereocenters. The standard InChI is InChI=1S/C22H16ClFN2O5/c1-13-7-10-18(19(11-13)26(29)30)25-21(27)20(14-5-3-2-4-6-14)31-22(28)16-9-8-15(23)12-17(16)24/h2-12,20H,1H3,(H,25,27). The van der Waals surface area contributed by atoms with Gasteiger partial charge in [-0.3, -0.25) is 14.9 Å². The fraction of sp³-hybridized carbons (Fsp3) is 0.0909. The zero-order valence-corrected chi connectivity index (χ0v) is 16.9. The van der Waals surface area contributed by atoms with Crippen LogP contribution in [0.5, 0.6) is 0 Å². The van der Waals surface area contributed by atoms with E-state index in [-0.39, 0.29) is 16.4 Å². The van der Waals surface area contributed by atoms with E-state index in [9.17, 15) is 24.1 Å². The Balaban J connectivity index is 1.92. The number of benzene rings is 3. The highest BCUT2D eigenvalue weighted by Gasteiger charge is 2.28. The average Bonchev–Trinajstić information content (AvgIpc) is 2.73. The van der Waals surface area contributed by atoms with Crippen molar-refractivity contribution in [1.82, 2.24) is 0 Å². The van der Waals surface area contributed by atoms with Crippen LogP contribution in [0.4, 0.5) is 15.8 Å². The van der Waals surface area contributed by atoms with Crippen molar-refractivity contribution >= 4 is 34.9 Å². The summed E-state index contributed by atoms with van der Waals surface area (Å²) >= 11 is 5.70. The van der Waals surface area contributed by atoms with Gasteiger partial charge >= 0.3 is 5.97 Å². The number of hydrogen-bond acceptors (Lipinski definition) is 5. The maximum Gasteiger partial charge on any atom is 0.342 e. The van der Waals surface area contributed by atoms with Crippen molar-refractivity contribution in [1.29, 1.82) is 0 Å². The summed E-state index contributed by atoms with van der Waals surface area (Å²) in [5, 5.41) is 13.9. The van der Waals surface area contributed by atoms with Gasteiger partial charge < -0.3 is 10.1 Å². The summed E-state index contributed by atoms with van der Waals surface area (Å²) in [6.07, 6.45) is -1.48. The van der Waals surface area contributed by atoms with Crippen LogP contribution in [0.2, 0.25) is 5.02 Å². The number of nitro benzene ring substituents is 1. The number of halogens is 2. The van der Waals surface area contributed by atoms with Gasteiger partial charge in [-0.25, -0.2) is 9.18 Å². The minimum absolute atomic E-state index is 0.0600. The Morgan fingerprint density at radius 2 is 1.81 bits per heavy atom. The lowest BCUT2D eigenvalue weighted by Crippen LogP contribution is -2.26. The first-order valence-corrected chi connectivity index (χ1v) is 9.41. The summed E-state index contributed by atoms with van der Waals surface area (Å²) in [5.74, 6) is -2.82. The number of esters is 1. The van der Waals surface area contributed by atoms with E-state index in [0.717, 1.165) is 12.1 Å². The van der Waals surface area contributed by atoms with Crippen LogP contribution in [0.1, 0.15) is 27.6 Å². The van der Waals surface area contributed by atoms with Gasteiger partial charge in [0.2, 0.25) is 6.10 Å². The molecule has 9 heteroatoms. The Kier molecular flexibility index (Phi) is 6.61. The third-order valence-corrected chi connectivity index (χ3v) is 4.56. The quantitative estimate of drug-likeness (QED) is 0.320. The average molecular weight is 443 g/mol. The number of hydrogen-bond donors (Lipinski definition) is 1. The van der Waals surface area contributed by atoms with Crippen LogP contribution in [0.3, 0.4) is 0 Å². The molecule has 31 heavy (non-hydrogen) atoms. The molecule has 0 radical (unpaired) electrons. The van der Waals surface area contributed by atoms with Crippen molar-refractivity contribution in [3.8, 4) is 0 Å². The molecule has 1 atom stereocenters. The highest BCUT2D eigenvalue weighted by atomic mass is 35.5. The van der Waals surface area contributed by atoms with Crippen LogP contribution < -0.4 is 5.32 Å². The molecule has 0 bridgehead atoms. The highest BCUT2D eigenvalue weighted by molar-refractivity contribution is 6.30. The molecule has 0 spiro atoms. The number of anilines is 1. The summed E-state index contributed by atoms with van der Waals surface area (Å²) in [7, 11) is 0. The molecule has 3 aromatic carbocycles. The lowest BCUT2D eigenvalue weighted by Gasteiger charge is -2.18. The summed E-state index contributed by atoms with van der Waals surface area (Å²) in [6.45, 7) is 1.67. The Morgan fingerprint density at radius 1 is 1.10 bits per heavy atom. The molecular formula is C22H16ClFN2O5. The van der Waals surface area contributed by atoms with Crippen molar-refractivity contribution < 1.29 is 23.6 Å². The first kappa shape index (κ1) is 21.9. The SMILES string of the molecule is Cc1ccc(NC(=O)C(OC(=O)c2ccc(Cl)cc2F)c2ccccc2)c([N+](=O)[O-])c1. The number of amides is 1. The minimum Gasteiger partial charge on any atom is -0.444 e. The second kappa shape index (κ2) is 9.36. The third-order valence-electron chi connectivity index (χ3n) is 4.32. The molecule has 3 rings (SSSR count). The van der Waals surface area contributed by atoms with Gasteiger partial charge in [-0.15, -0.1) is 0 Å². The zero-order valence-electron chi connectivity index (χ0n) is 16.2. The molecule has 1 N–H and O–H groups in total. The molecular weight excluding hydrogens is 427 g/mol. The van der Waals surface area contributed by atoms with E-state index in [1.54, 1.807) is 43.3 Å². The highest BCUT2D eigenvalue weighted by Crippen LogP contribution is 2.28. The van der Waals surface area contributed by atoms with Gasteiger partial charge in [-0.2, -0.15) is 0 Å². The molecule has 1 amide bonds. The van der Waals surface area contributed by atoms with E-state index < -0.39 is 34.3 Å². The molecule has 0 aliphatic rings. The summed E-state index contributed by atoms with van der Waals surface area (Å²) < 4.78 is 19.4. The molecule has 0 aliphatic heterocycles. The normalized spacial score (nSPS) is 11.5. The van der Waals surface area contributed by atoms with E-state index in [4.69, 9.17) is 16.3 Å². The second-order valence-corrected chi connectivity index (χ2v) is 7.02. The summed E-state index contributed by atoms with van der Waals surface area (Å²) in [4.78, 5) is 36.2. The Morgan fingerprint density at radius 3 is 2.45 bits per heavy atom. The van der Waals surface area contributed by atoms with E-state index in [1.807, 2.05) is 0 Å². The van der Waals surface area contributed by atoms with E-state index >= 15 is 0 Å². The molecule has 0 aromatic heterocycles. The van der Waals surface area contributed by atoms with Crippen LogP contribution in [0.15, 0.2) is 66.7 Å². The van der Waals surface area contributed by atoms with Gasteiger partial charge in [0, 0.05) is 16.7 Å². The molecule has 3 aromatic rings. The Labute approximate surface area is 181 Å². The molecule has 0 heterocycles. The number of nitrogens with zero attached hydrogens (tertiary/aromatic N) is 1. The largest absolute Gasteiger partial charge is 0.444 e. The Hall–Kier alpha value is -3.78. The summed E-state index contributed by atoms with van der Waals surface area (Å²) in [6, 6.07) is 15.7. The van der Waals surface area contributed by atoms with Gasteiger partial charge in [0.15, 0.2) is 0 Å². The van der Waals surface area contributed by atoms with Gasteiger partial charge in [-0.1, -0.05) is 48.0 Å². The van der Waals surface area contributed by atoms with Gasteiger partial charge in [-0.05, 0) is 36.8 Å². The molecule has 0 saturated carbocycles. The zero-order chi connectivity index (χ0) is 22.5. The van der Waals surface area contributed by atoms with Crippen molar-refractivity contribution in [2.24, 2.45) is 0 Å². The van der Waals surface area contributed by atoms with Crippen molar-refractivity contribution in [3.05, 3.63) is 104 Å². The van der Waals surface area contributed by atoms with E-state index in [2.05, 4.69) is 5.32 Å². The smallest absolute Gasteiger partial charge is 0.342 e. The van der Waals surface area contributed by atoms with Crippen molar-refractivity contribution in [2.75, 3.05) is 5.32 Å². The van der Waals surface area contributed by atoms with Crippen molar-refractivity contribution in [2.45, 2.75) is 13.0 Å². The number of carbonyl (C=O) groups excluding carboxylic acids is 2. The van der Waals surface area contributed by atoms with Gasteiger partial charge in [0.05, 0.1) is 10.5 Å². The number of nitro groups is 1. The fourth-order valence-corrected chi connectivity index (χ4v) is 2.98. The molecule has 0 fully saturated rings. The van der Waals surface area contributed by atoms with Crippen LogP contribution in [0.25, 0.3) is 0 Å². The third kappa shape index (κ3) is 5.23. The first-order chi connectivity index (χ1) is 14.8. The monoisotopic (exact) mass is 442 g/mol. The van der Waals surface area contributed by atoms with Crippen LogP contribution in [-0.4, -0.2) is 16.8 Å². The molecule has 0 aliphatic carbocycles. The first-order valence-electron chi connectivity index (χ1n) is 9.03. The minimum atomic E-state index is -1.48. The number of aryl methyl sites for hydroxylation is 1. The molecule has 0 saturated heterocycles. The number of nitrogens with one attached hydrogen (secondary N) is 1. The second-order valence-electron chi connectivity index (χ2n) is 6.59. The van der Waals surface area contributed by atoms with Gasteiger partial charge in [0.25, 0.3) is 11.6 Å². The lowest BCUT2D eigenvalue weighted by atomic mass is 10.1. The number of ether oxygens (including phenoxy) is 1. The van der Waals surface area contributed by atoms with E-state index in [1.165, 1.54) is 18.2 Å². The maximum absolute atomic E-state index is 14.1. The summed E-state index contributed by atoms with van der Waals surface area (Å²) in [5.41, 5.74) is 0.163. The van der Waals surface area contributed by atoms with Crippen LogP contribution >= 0.6 is 11.6 Å². The van der Waals surface area contributed by atoms with Crippen molar-refractivity contribution in [3.63, 3.8) is 0 Å². The molecule has 7 nitrogen and oxygen atoms in total.